The molecule has 2 rings (SSSR count). The lowest BCUT2D eigenvalue weighted by atomic mass is 9.74. The molecule has 3 nitrogen and oxygen atoms in total. The monoisotopic (exact) mass is 279 g/mol. The predicted octanol–water partition coefficient (Wildman–Crippen LogP) is 3.32. The number of carbonyl (C=O) groups excluding carboxylic acids is 2. The Morgan fingerprint density at radius 3 is 2.35 bits per heavy atom. The van der Waals surface area contributed by atoms with E-state index in [9.17, 15) is 9.59 Å². The fourth-order valence-electron chi connectivity index (χ4n) is 3.98. The molecule has 0 heterocycles. The largest absolute Gasteiger partial charge is 0.352 e. The van der Waals surface area contributed by atoms with Gasteiger partial charge in [0.2, 0.25) is 5.91 Å². The van der Waals surface area contributed by atoms with Gasteiger partial charge in [-0.15, -0.1) is 0 Å². The first kappa shape index (κ1) is 15.5. The van der Waals surface area contributed by atoms with Gasteiger partial charge < -0.3 is 5.32 Å². The second-order valence-electron chi connectivity index (χ2n) is 7.12. The summed E-state index contributed by atoms with van der Waals surface area (Å²) >= 11 is 0. The molecule has 0 aromatic carbocycles. The number of amides is 1. The summed E-state index contributed by atoms with van der Waals surface area (Å²) in [6.45, 7) is 6.10. The zero-order valence-electron chi connectivity index (χ0n) is 13.2. The van der Waals surface area contributed by atoms with Gasteiger partial charge in [0.05, 0.1) is 0 Å². The van der Waals surface area contributed by atoms with Crippen LogP contribution in [0.2, 0.25) is 0 Å². The Morgan fingerprint density at radius 2 is 1.65 bits per heavy atom. The summed E-state index contributed by atoms with van der Waals surface area (Å²) in [5, 5.41) is 3.21. The average Bonchev–Trinajstić information content (AvgIpc) is 2.41. The van der Waals surface area contributed by atoms with E-state index in [-0.39, 0.29) is 29.6 Å². The van der Waals surface area contributed by atoms with Gasteiger partial charge in [-0.1, -0.05) is 33.1 Å². The highest BCUT2D eigenvalue weighted by molar-refractivity contribution is 5.82. The number of Topliss-reactive ketones (excluding diaryl/α,β-unsaturated/α-hetero) is 1. The van der Waals surface area contributed by atoms with Gasteiger partial charge in [-0.25, -0.2) is 0 Å². The zero-order valence-corrected chi connectivity index (χ0v) is 13.2. The highest BCUT2D eigenvalue weighted by Gasteiger charge is 2.35. The molecule has 0 aromatic heterocycles. The van der Waals surface area contributed by atoms with Crippen molar-refractivity contribution in [3.8, 4) is 0 Å². The third-order valence-corrected chi connectivity index (χ3v) is 5.41. The molecule has 0 spiro atoms. The Balaban J connectivity index is 1.96. The van der Waals surface area contributed by atoms with Gasteiger partial charge in [0.15, 0.2) is 0 Å². The molecule has 0 saturated heterocycles. The first-order valence-electron chi connectivity index (χ1n) is 8.30. The molecule has 0 radical (unpaired) electrons. The Morgan fingerprint density at radius 1 is 0.950 bits per heavy atom. The van der Waals surface area contributed by atoms with Crippen molar-refractivity contribution >= 4 is 11.7 Å². The fraction of sp³-hybridized carbons (Fsp3) is 0.882. The zero-order chi connectivity index (χ0) is 14.7. The molecule has 20 heavy (non-hydrogen) atoms. The molecule has 1 amide bonds. The molecule has 5 unspecified atom stereocenters. The summed E-state index contributed by atoms with van der Waals surface area (Å²) in [5.74, 6) is 1.75. The smallest absolute Gasteiger partial charge is 0.223 e. The summed E-state index contributed by atoms with van der Waals surface area (Å²) in [5.41, 5.74) is 0. The van der Waals surface area contributed by atoms with Gasteiger partial charge in [0.1, 0.15) is 5.78 Å². The van der Waals surface area contributed by atoms with E-state index in [0.717, 1.165) is 38.5 Å². The van der Waals surface area contributed by atoms with Crippen molar-refractivity contribution < 1.29 is 9.59 Å². The van der Waals surface area contributed by atoms with Crippen LogP contribution in [-0.4, -0.2) is 17.7 Å². The summed E-state index contributed by atoms with van der Waals surface area (Å²) in [4.78, 5) is 24.3. The van der Waals surface area contributed by atoms with Crippen LogP contribution >= 0.6 is 0 Å². The molecule has 2 fully saturated rings. The van der Waals surface area contributed by atoms with Crippen molar-refractivity contribution in [1.29, 1.82) is 0 Å². The summed E-state index contributed by atoms with van der Waals surface area (Å²) < 4.78 is 0. The highest BCUT2D eigenvalue weighted by Crippen LogP contribution is 2.34. The van der Waals surface area contributed by atoms with E-state index in [1.165, 1.54) is 6.42 Å². The maximum atomic E-state index is 12.6. The van der Waals surface area contributed by atoms with Crippen LogP contribution in [0, 0.1) is 23.7 Å². The van der Waals surface area contributed by atoms with Crippen LogP contribution in [0.15, 0.2) is 0 Å². The SMILES string of the molecule is CC(=O)C1CCCCC1NC(=O)C1CC(C)CCC1C. The molecule has 1 N–H and O–H groups in total. The lowest BCUT2D eigenvalue weighted by Crippen LogP contribution is -2.48. The van der Waals surface area contributed by atoms with Crippen LogP contribution in [0.3, 0.4) is 0 Å². The van der Waals surface area contributed by atoms with Crippen LogP contribution < -0.4 is 5.32 Å². The Bertz CT molecular complexity index is 366. The number of hydrogen-bond donors (Lipinski definition) is 1. The van der Waals surface area contributed by atoms with E-state index in [1.807, 2.05) is 0 Å². The summed E-state index contributed by atoms with van der Waals surface area (Å²) in [7, 11) is 0. The minimum Gasteiger partial charge on any atom is -0.352 e. The van der Waals surface area contributed by atoms with Gasteiger partial charge in [-0.3, -0.25) is 9.59 Å². The standard InChI is InChI=1S/C17H29NO2/c1-11-8-9-12(2)15(10-11)17(20)18-16-7-5-4-6-14(16)13(3)19/h11-12,14-16H,4-10H2,1-3H3,(H,18,20). The third kappa shape index (κ3) is 3.62. The van der Waals surface area contributed by atoms with Crippen molar-refractivity contribution in [3.63, 3.8) is 0 Å². The van der Waals surface area contributed by atoms with Crippen molar-refractivity contribution in [2.75, 3.05) is 0 Å². The lowest BCUT2D eigenvalue weighted by Gasteiger charge is -2.35. The van der Waals surface area contributed by atoms with Crippen molar-refractivity contribution in [2.24, 2.45) is 23.7 Å². The maximum Gasteiger partial charge on any atom is 0.223 e. The second kappa shape index (κ2) is 6.73. The summed E-state index contributed by atoms with van der Waals surface area (Å²) in [6, 6.07) is 0.0817. The van der Waals surface area contributed by atoms with E-state index in [2.05, 4.69) is 19.2 Å². The molecular formula is C17H29NO2. The molecule has 2 saturated carbocycles. The van der Waals surface area contributed by atoms with Crippen LogP contribution in [0.4, 0.5) is 0 Å². The second-order valence-corrected chi connectivity index (χ2v) is 7.12. The van der Waals surface area contributed by atoms with Crippen molar-refractivity contribution in [2.45, 2.75) is 71.8 Å². The molecule has 0 bridgehead atoms. The van der Waals surface area contributed by atoms with Crippen LogP contribution in [0.5, 0.6) is 0 Å². The number of carbonyl (C=O) groups is 2. The van der Waals surface area contributed by atoms with E-state index in [4.69, 9.17) is 0 Å². The van der Waals surface area contributed by atoms with E-state index in [1.54, 1.807) is 6.92 Å². The van der Waals surface area contributed by atoms with E-state index in [0.29, 0.717) is 11.8 Å². The van der Waals surface area contributed by atoms with Crippen molar-refractivity contribution in [1.82, 2.24) is 5.32 Å². The van der Waals surface area contributed by atoms with Crippen LogP contribution in [-0.2, 0) is 9.59 Å². The number of ketones is 1. The highest BCUT2D eigenvalue weighted by atomic mass is 16.2. The number of rotatable bonds is 3. The Labute approximate surface area is 122 Å². The lowest BCUT2D eigenvalue weighted by molar-refractivity contribution is -0.130. The average molecular weight is 279 g/mol. The number of nitrogens with one attached hydrogen (secondary N) is 1. The summed E-state index contributed by atoms with van der Waals surface area (Å²) in [6.07, 6.45) is 7.55. The predicted molar refractivity (Wildman–Crippen MR) is 80.2 cm³/mol. The van der Waals surface area contributed by atoms with Gasteiger partial charge in [-0.05, 0) is 44.4 Å². The molecule has 0 aromatic rings. The molecule has 5 atom stereocenters. The minimum atomic E-state index is 0.0454. The molecule has 2 aliphatic rings. The van der Waals surface area contributed by atoms with E-state index >= 15 is 0 Å². The molecule has 114 valence electrons. The Hall–Kier alpha value is -0.860. The topological polar surface area (TPSA) is 46.2 Å². The van der Waals surface area contributed by atoms with Crippen LogP contribution in [0.1, 0.15) is 65.7 Å². The molecule has 0 aliphatic heterocycles. The molecule has 2 aliphatic carbocycles. The van der Waals surface area contributed by atoms with Crippen LogP contribution in [0.25, 0.3) is 0 Å². The van der Waals surface area contributed by atoms with Gasteiger partial charge >= 0.3 is 0 Å². The van der Waals surface area contributed by atoms with Gasteiger partial charge in [0.25, 0.3) is 0 Å². The normalized spacial score (nSPS) is 38.2. The van der Waals surface area contributed by atoms with Gasteiger partial charge in [-0.2, -0.15) is 0 Å². The number of hydrogen-bond acceptors (Lipinski definition) is 2. The fourth-order valence-corrected chi connectivity index (χ4v) is 3.98. The third-order valence-electron chi connectivity index (χ3n) is 5.41. The van der Waals surface area contributed by atoms with E-state index < -0.39 is 0 Å². The Kier molecular flexibility index (Phi) is 5.22. The van der Waals surface area contributed by atoms with Gasteiger partial charge in [0, 0.05) is 17.9 Å². The van der Waals surface area contributed by atoms with Crippen molar-refractivity contribution in [3.05, 3.63) is 0 Å². The quantitative estimate of drug-likeness (QED) is 0.861. The first-order chi connectivity index (χ1) is 9.49. The maximum absolute atomic E-state index is 12.6. The molecular weight excluding hydrogens is 250 g/mol. The molecule has 3 heteroatoms. The first-order valence-corrected chi connectivity index (χ1v) is 8.30. The minimum absolute atomic E-state index is 0.0454.